The van der Waals surface area contributed by atoms with Crippen molar-refractivity contribution in [3.05, 3.63) is 58.4 Å². The normalized spacial score (nSPS) is 10.4. The zero-order valence-corrected chi connectivity index (χ0v) is 10.9. The number of nitrogens with zero attached hydrogens (tertiary/aromatic N) is 1. The van der Waals surface area contributed by atoms with E-state index < -0.39 is 0 Å². The summed E-state index contributed by atoms with van der Waals surface area (Å²) in [7, 11) is 0. The van der Waals surface area contributed by atoms with Gasteiger partial charge in [-0.1, -0.05) is 23.7 Å². The second-order valence-electron chi connectivity index (χ2n) is 4.05. The van der Waals surface area contributed by atoms with Crippen LogP contribution in [0.1, 0.15) is 16.8 Å². The van der Waals surface area contributed by atoms with E-state index in [0.29, 0.717) is 13.2 Å². The summed E-state index contributed by atoms with van der Waals surface area (Å²) in [4.78, 5) is 4.20. The lowest BCUT2D eigenvalue weighted by Gasteiger charge is -2.10. The molecular weight excluding hydrogens is 248 g/mol. The highest BCUT2D eigenvalue weighted by atomic mass is 35.5. The third-order valence-corrected chi connectivity index (χ3v) is 2.86. The van der Waals surface area contributed by atoms with Gasteiger partial charge in [-0.15, -0.1) is 0 Å². The third kappa shape index (κ3) is 3.22. The number of hydrogen-bond donors (Lipinski definition) is 1. The number of benzene rings is 1. The number of nitrogens with two attached hydrogens (primary N) is 1. The first-order chi connectivity index (χ1) is 8.69. The molecule has 18 heavy (non-hydrogen) atoms. The van der Waals surface area contributed by atoms with E-state index in [-0.39, 0.29) is 0 Å². The highest BCUT2D eigenvalue weighted by Gasteiger charge is 2.04. The number of halogens is 1. The minimum atomic E-state index is 0.420. The van der Waals surface area contributed by atoms with Crippen molar-refractivity contribution < 1.29 is 4.74 Å². The zero-order valence-electron chi connectivity index (χ0n) is 10.2. The van der Waals surface area contributed by atoms with Crippen LogP contribution in [-0.2, 0) is 13.2 Å². The van der Waals surface area contributed by atoms with E-state index in [0.717, 1.165) is 27.6 Å². The molecular formula is C14H15ClN2O. The fourth-order valence-corrected chi connectivity index (χ4v) is 1.72. The van der Waals surface area contributed by atoms with Crippen LogP contribution >= 0.6 is 11.6 Å². The molecule has 0 fully saturated rings. The second-order valence-corrected chi connectivity index (χ2v) is 4.49. The lowest BCUT2D eigenvalue weighted by molar-refractivity contribution is 0.302. The number of aryl methyl sites for hydroxylation is 1. The Morgan fingerprint density at radius 1 is 1.28 bits per heavy atom. The van der Waals surface area contributed by atoms with Crippen LogP contribution in [0.25, 0.3) is 0 Å². The first-order valence-corrected chi connectivity index (χ1v) is 6.09. The molecule has 0 aliphatic carbocycles. The van der Waals surface area contributed by atoms with Crippen molar-refractivity contribution in [3.8, 4) is 5.75 Å². The maximum Gasteiger partial charge on any atom is 0.127 e. The molecule has 2 N–H and O–H groups in total. The summed E-state index contributed by atoms with van der Waals surface area (Å²) in [5, 5.41) is 0.723. The fourth-order valence-electron chi connectivity index (χ4n) is 1.59. The van der Waals surface area contributed by atoms with Gasteiger partial charge in [0.15, 0.2) is 0 Å². The van der Waals surface area contributed by atoms with E-state index in [1.54, 1.807) is 6.20 Å². The van der Waals surface area contributed by atoms with E-state index in [4.69, 9.17) is 22.1 Å². The second kappa shape index (κ2) is 5.85. The van der Waals surface area contributed by atoms with Crippen molar-refractivity contribution in [2.75, 3.05) is 0 Å². The van der Waals surface area contributed by atoms with E-state index in [1.165, 1.54) is 0 Å². The molecule has 0 atom stereocenters. The van der Waals surface area contributed by atoms with Crippen LogP contribution in [0.2, 0.25) is 5.02 Å². The van der Waals surface area contributed by atoms with Crippen LogP contribution in [0.5, 0.6) is 5.75 Å². The molecule has 2 aromatic rings. The zero-order chi connectivity index (χ0) is 13.0. The molecule has 3 nitrogen and oxygen atoms in total. The third-order valence-electron chi connectivity index (χ3n) is 2.61. The Labute approximate surface area is 112 Å². The molecule has 0 saturated heterocycles. The Morgan fingerprint density at radius 3 is 2.67 bits per heavy atom. The first kappa shape index (κ1) is 12.9. The quantitative estimate of drug-likeness (QED) is 0.921. The van der Waals surface area contributed by atoms with Gasteiger partial charge in [0.1, 0.15) is 12.4 Å². The predicted molar refractivity (Wildman–Crippen MR) is 72.6 cm³/mol. The SMILES string of the molecule is Cc1cc(OCc2ccc(Cl)cc2)c(CN)cn1. The summed E-state index contributed by atoms with van der Waals surface area (Å²) >= 11 is 5.83. The first-order valence-electron chi connectivity index (χ1n) is 5.72. The summed E-state index contributed by atoms with van der Waals surface area (Å²) in [6, 6.07) is 9.49. The van der Waals surface area contributed by atoms with Crippen LogP contribution < -0.4 is 10.5 Å². The van der Waals surface area contributed by atoms with Gasteiger partial charge in [0.25, 0.3) is 0 Å². The molecule has 2 rings (SSSR count). The van der Waals surface area contributed by atoms with Crippen LogP contribution in [0.3, 0.4) is 0 Å². The predicted octanol–water partition coefficient (Wildman–Crippen LogP) is 3.08. The molecule has 4 heteroatoms. The molecule has 1 aromatic heterocycles. The van der Waals surface area contributed by atoms with Crippen LogP contribution in [-0.4, -0.2) is 4.98 Å². The lowest BCUT2D eigenvalue weighted by Crippen LogP contribution is -2.04. The van der Waals surface area contributed by atoms with Gasteiger partial charge in [-0.05, 0) is 24.6 Å². The van der Waals surface area contributed by atoms with Crippen LogP contribution in [0.4, 0.5) is 0 Å². The average molecular weight is 263 g/mol. The molecule has 94 valence electrons. The minimum absolute atomic E-state index is 0.420. The Hall–Kier alpha value is -1.58. The van der Waals surface area contributed by atoms with Crippen molar-refractivity contribution in [1.29, 1.82) is 0 Å². The Bertz CT molecular complexity index is 526. The fraction of sp³-hybridized carbons (Fsp3) is 0.214. The Balaban J connectivity index is 2.09. The van der Waals surface area contributed by atoms with Crippen molar-refractivity contribution in [2.45, 2.75) is 20.1 Å². The number of aromatic nitrogens is 1. The van der Waals surface area contributed by atoms with Crippen molar-refractivity contribution in [3.63, 3.8) is 0 Å². The van der Waals surface area contributed by atoms with Crippen molar-refractivity contribution >= 4 is 11.6 Å². The van der Waals surface area contributed by atoms with Crippen LogP contribution in [0.15, 0.2) is 36.5 Å². The number of pyridine rings is 1. The largest absolute Gasteiger partial charge is 0.488 e. The monoisotopic (exact) mass is 262 g/mol. The van der Waals surface area contributed by atoms with E-state index in [1.807, 2.05) is 37.3 Å². The summed E-state index contributed by atoms with van der Waals surface area (Å²) in [5.41, 5.74) is 8.55. The maximum atomic E-state index is 5.83. The number of rotatable bonds is 4. The van der Waals surface area contributed by atoms with Crippen molar-refractivity contribution in [2.24, 2.45) is 5.73 Å². The van der Waals surface area contributed by atoms with Crippen LogP contribution in [0, 0.1) is 6.92 Å². The van der Waals surface area contributed by atoms with Gasteiger partial charge in [-0.25, -0.2) is 0 Å². The molecule has 0 saturated carbocycles. The highest BCUT2D eigenvalue weighted by Crippen LogP contribution is 2.20. The van der Waals surface area contributed by atoms with Gasteiger partial charge < -0.3 is 10.5 Å². The molecule has 1 heterocycles. The molecule has 0 unspecified atom stereocenters. The summed E-state index contributed by atoms with van der Waals surface area (Å²) in [5.74, 6) is 0.792. The lowest BCUT2D eigenvalue weighted by atomic mass is 10.2. The number of ether oxygens (including phenoxy) is 1. The Kier molecular flexibility index (Phi) is 4.18. The molecule has 0 bridgehead atoms. The molecule has 0 aliphatic heterocycles. The minimum Gasteiger partial charge on any atom is -0.488 e. The van der Waals surface area contributed by atoms with E-state index in [2.05, 4.69) is 4.98 Å². The molecule has 0 radical (unpaired) electrons. The van der Waals surface area contributed by atoms with Gasteiger partial charge in [-0.3, -0.25) is 4.98 Å². The summed E-state index contributed by atoms with van der Waals surface area (Å²) < 4.78 is 5.77. The van der Waals surface area contributed by atoms with Gasteiger partial charge in [-0.2, -0.15) is 0 Å². The topological polar surface area (TPSA) is 48.1 Å². The summed E-state index contributed by atoms with van der Waals surface area (Å²) in [6.45, 7) is 2.84. The van der Waals surface area contributed by atoms with Gasteiger partial charge in [0.2, 0.25) is 0 Å². The highest BCUT2D eigenvalue weighted by molar-refractivity contribution is 6.30. The van der Waals surface area contributed by atoms with Gasteiger partial charge in [0, 0.05) is 35.1 Å². The smallest absolute Gasteiger partial charge is 0.127 e. The molecule has 0 amide bonds. The van der Waals surface area contributed by atoms with E-state index in [9.17, 15) is 0 Å². The van der Waals surface area contributed by atoms with Gasteiger partial charge in [0.05, 0.1) is 0 Å². The number of hydrogen-bond acceptors (Lipinski definition) is 3. The van der Waals surface area contributed by atoms with Gasteiger partial charge >= 0.3 is 0 Å². The molecule has 0 spiro atoms. The van der Waals surface area contributed by atoms with E-state index >= 15 is 0 Å². The maximum absolute atomic E-state index is 5.83. The summed E-state index contributed by atoms with van der Waals surface area (Å²) in [6.07, 6.45) is 1.76. The Morgan fingerprint density at radius 2 is 2.00 bits per heavy atom. The average Bonchev–Trinajstić information content (AvgIpc) is 2.38. The standard InChI is InChI=1S/C14H15ClN2O/c1-10-6-14(12(7-16)8-17-10)18-9-11-2-4-13(15)5-3-11/h2-6,8H,7,9,16H2,1H3. The van der Waals surface area contributed by atoms with Crippen molar-refractivity contribution in [1.82, 2.24) is 4.98 Å². The molecule has 1 aromatic carbocycles. The molecule has 0 aliphatic rings.